The van der Waals surface area contributed by atoms with Crippen molar-refractivity contribution < 1.29 is 19.1 Å². The van der Waals surface area contributed by atoms with Crippen LogP contribution in [-0.4, -0.2) is 30.1 Å². The number of hydrogen-bond acceptors (Lipinski definition) is 5. The van der Waals surface area contributed by atoms with Gasteiger partial charge in [-0.2, -0.15) is 0 Å². The average Bonchev–Trinajstić information content (AvgIpc) is 2.56. The summed E-state index contributed by atoms with van der Waals surface area (Å²) in [5.74, 6) is -0.324. The maximum atomic E-state index is 11.3. The number of benzene rings is 1. The van der Waals surface area contributed by atoms with Crippen LogP contribution in [0.2, 0.25) is 0 Å². The van der Waals surface area contributed by atoms with Crippen LogP contribution in [0.3, 0.4) is 0 Å². The van der Waals surface area contributed by atoms with E-state index >= 15 is 0 Å². The van der Waals surface area contributed by atoms with Crippen molar-refractivity contribution in [2.45, 2.75) is 59.3 Å². The Hall–Kier alpha value is -1.88. The lowest BCUT2D eigenvalue weighted by Gasteiger charge is -2.22. The molecule has 1 aromatic rings. The summed E-state index contributed by atoms with van der Waals surface area (Å²) in [7, 11) is 0. The number of likely N-dealkylation sites (N-methyl/N-ethyl adjacent to an activating group) is 1. The molecule has 1 N–H and O–H groups in total. The Morgan fingerprint density at radius 2 is 2.00 bits per heavy atom. The van der Waals surface area contributed by atoms with Gasteiger partial charge < -0.3 is 14.8 Å². The van der Waals surface area contributed by atoms with E-state index in [2.05, 4.69) is 5.32 Å². The van der Waals surface area contributed by atoms with Crippen molar-refractivity contribution in [2.75, 3.05) is 6.54 Å². The maximum Gasteiger partial charge on any atom is 0.323 e. The fourth-order valence-corrected chi connectivity index (χ4v) is 1.99. The van der Waals surface area contributed by atoms with Gasteiger partial charge in [0.2, 0.25) is 0 Å². The van der Waals surface area contributed by atoms with Crippen molar-refractivity contribution in [3.63, 3.8) is 0 Å². The van der Waals surface area contributed by atoms with Crippen molar-refractivity contribution in [2.24, 2.45) is 0 Å². The van der Waals surface area contributed by atoms with Crippen molar-refractivity contribution in [3.05, 3.63) is 35.4 Å². The highest BCUT2D eigenvalue weighted by Crippen LogP contribution is 2.12. The summed E-state index contributed by atoms with van der Waals surface area (Å²) in [5, 5.41) is 2.99. The highest BCUT2D eigenvalue weighted by atomic mass is 16.6. The van der Waals surface area contributed by atoms with Gasteiger partial charge in [0.15, 0.2) is 0 Å². The first kappa shape index (κ1) is 19.2. The van der Waals surface area contributed by atoms with Gasteiger partial charge in [0, 0.05) is 0 Å². The highest BCUT2D eigenvalue weighted by Gasteiger charge is 2.20. The van der Waals surface area contributed by atoms with Crippen LogP contribution in [-0.2, 0) is 32.1 Å². The number of cyclic esters (lactones) is 1. The summed E-state index contributed by atoms with van der Waals surface area (Å²) >= 11 is 0. The van der Waals surface area contributed by atoms with Gasteiger partial charge in [-0.25, -0.2) is 0 Å². The minimum atomic E-state index is -0.388. The van der Waals surface area contributed by atoms with Gasteiger partial charge in [0.05, 0.1) is 6.42 Å². The molecule has 128 valence electrons. The van der Waals surface area contributed by atoms with Crippen LogP contribution in [0, 0.1) is 0 Å². The molecule has 0 radical (unpaired) electrons. The van der Waals surface area contributed by atoms with E-state index in [1.165, 1.54) is 0 Å². The molecular weight excluding hydrogens is 294 g/mol. The molecule has 1 unspecified atom stereocenters. The van der Waals surface area contributed by atoms with Crippen LogP contribution in [0.25, 0.3) is 0 Å². The summed E-state index contributed by atoms with van der Waals surface area (Å²) in [5.41, 5.74) is 1.74. The Bertz CT molecular complexity index is 534. The van der Waals surface area contributed by atoms with Crippen LogP contribution < -0.4 is 5.32 Å². The molecule has 0 fully saturated rings. The molecule has 2 bridgehead atoms. The number of nitrogens with one attached hydrogen (secondary N) is 1. The summed E-state index contributed by atoms with van der Waals surface area (Å²) < 4.78 is 10.1. The van der Waals surface area contributed by atoms with Gasteiger partial charge in [-0.15, -0.1) is 0 Å². The number of esters is 2. The normalized spacial score (nSPS) is 14.7. The Kier molecular flexibility index (Phi) is 7.23. The average molecular weight is 321 g/mol. The van der Waals surface area contributed by atoms with E-state index in [9.17, 15) is 9.59 Å². The molecule has 1 atom stereocenters. The molecule has 0 aromatic heterocycles. The van der Waals surface area contributed by atoms with Gasteiger partial charge in [-0.3, -0.25) is 9.59 Å². The number of fused-ring (bicyclic) bond motifs is 2. The molecule has 5 heteroatoms. The standard InChI is InChI=1S/C9H19NO2.C9H8O2/c1-6-10-7(2)8(11)12-9(3,4)5;10-9-5-7-2-1-3-8(4-7)6-11-9/h7,10H,6H2,1-5H3;1-4H,5-6H2. The molecule has 1 heterocycles. The molecule has 0 amide bonds. The largest absolute Gasteiger partial charge is 0.461 e. The zero-order chi connectivity index (χ0) is 17.5. The number of ether oxygens (including phenoxy) is 2. The second-order valence-electron chi connectivity index (χ2n) is 6.47. The van der Waals surface area contributed by atoms with E-state index in [1.54, 1.807) is 6.92 Å². The van der Waals surface area contributed by atoms with Crippen molar-refractivity contribution in [1.82, 2.24) is 5.32 Å². The zero-order valence-electron chi connectivity index (χ0n) is 14.6. The fourth-order valence-electron chi connectivity index (χ4n) is 1.99. The third-order valence-electron chi connectivity index (χ3n) is 3.01. The van der Waals surface area contributed by atoms with E-state index in [1.807, 2.05) is 52.0 Å². The molecule has 2 rings (SSSR count). The quantitative estimate of drug-likeness (QED) is 0.867. The SMILES string of the molecule is CCNC(C)C(=O)OC(C)(C)C.O=C1Cc2cccc(c2)CO1. The minimum Gasteiger partial charge on any atom is -0.461 e. The second-order valence-corrected chi connectivity index (χ2v) is 6.47. The van der Waals surface area contributed by atoms with E-state index in [0.717, 1.165) is 17.7 Å². The topological polar surface area (TPSA) is 64.6 Å². The summed E-state index contributed by atoms with van der Waals surface area (Å²) in [6.45, 7) is 10.6. The molecule has 0 saturated carbocycles. The van der Waals surface area contributed by atoms with Gasteiger partial charge in [-0.1, -0.05) is 31.2 Å². The highest BCUT2D eigenvalue weighted by molar-refractivity contribution is 5.75. The van der Waals surface area contributed by atoms with Crippen LogP contribution in [0.5, 0.6) is 0 Å². The fraction of sp³-hybridized carbons (Fsp3) is 0.556. The lowest BCUT2D eigenvalue weighted by molar-refractivity contribution is -0.157. The van der Waals surface area contributed by atoms with Crippen molar-refractivity contribution >= 4 is 11.9 Å². The van der Waals surface area contributed by atoms with Crippen molar-refractivity contribution in [3.8, 4) is 0 Å². The van der Waals surface area contributed by atoms with Crippen molar-refractivity contribution in [1.29, 1.82) is 0 Å². The first-order valence-electron chi connectivity index (χ1n) is 7.91. The minimum absolute atomic E-state index is 0.133. The Labute approximate surface area is 138 Å². The Balaban J connectivity index is 0.000000230. The van der Waals surface area contributed by atoms with Gasteiger partial charge in [-0.05, 0) is 45.4 Å². The van der Waals surface area contributed by atoms with Gasteiger partial charge >= 0.3 is 11.9 Å². The third kappa shape index (κ3) is 7.79. The van der Waals surface area contributed by atoms with E-state index in [0.29, 0.717) is 13.0 Å². The van der Waals surface area contributed by atoms with E-state index in [-0.39, 0.29) is 23.6 Å². The number of rotatable bonds is 3. The lowest BCUT2D eigenvalue weighted by Crippen LogP contribution is -2.39. The van der Waals surface area contributed by atoms with Gasteiger partial charge in [0.25, 0.3) is 0 Å². The van der Waals surface area contributed by atoms with Gasteiger partial charge in [0.1, 0.15) is 18.2 Å². The third-order valence-corrected chi connectivity index (χ3v) is 3.01. The zero-order valence-corrected chi connectivity index (χ0v) is 14.6. The van der Waals surface area contributed by atoms with E-state index in [4.69, 9.17) is 9.47 Å². The lowest BCUT2D eigenvalue weighted by atomic mass is 10.1. The molecule has 1 aliphatic heterocycles. The number of carbonyl (C=O) groups excluding carboxylic acids is 2. The predicted molar refractivity (Wildman–Crippen MR) is 88.9 cm³/mol. The first-order valence-corrected chi connectivity index (χ1v) is 7.91. The second kappa shape index (κ2) is 8.67. The molecule has 1 aliphatic rings. The molecule has 23 heavy (non-hydrogen) atoms. The maximum absolute atomic E-state index is 11.3. The summed E-state index contributed by atoms with van der Waals surface area (Å²) in [6.07, 6.45) is 0.411. The first-order chi connectivity index (χ1) is 10.7. The molecule has 1 aromatic carbocycles. The number of carbonyl (C=O) groups is 2. The Morgan fingerprint density at radius 3 is 2.61 bits per heavy atom. The van der Waals surface area contributed by atoms with Crippen LogP contribution in [0.15, 0.2) is 24.3 Å². The number of hydrogen-bond donors (Lipinski definition) is 1. The molecule has 0 saturated heterocycles. The predicted octanol–water partition coefficient (Wildman–Crippen LogP) is 2.61. The van der Waals surface area contributed by atoms with Crippen LogP contribution in [0.1, 0.15) is 45.7 Å². The monoisotopic (exact) mass is 321 g/mol. The van der Waals surface area contributed by atoms with Crippen LogP contribution >= 0.6 is 0 Å². The van der Waals surface area contributed by atoms with Crippen LogP contribution in [0.4, 0.5) is 0 Å². The Morgan fingerprint density at radius 1 is 1.35 bits per heavy atom. The molecular formula is C18H27NO4. The summed E-state index contributed by atoms with van der Waals surface area (Å²) in [4.78, 5) is 22.2. The molecule has 0 spiro atoms. The molecule has 5 nitrogen and oxygen atoms in total. The van der Waals surface area contributed by atoms with E-state index < -0.39 is 0 Å². The summed E-state index contributed by atoms with van der Waals surface area (Å²) in [6, 6.07) is 7.64. The smallest absolute Gasteiger partial charge is 0.323 e. The molecule has 0 aliphatic carbocycles.